The summed E-state index contributed by atoms with van der Waals surface area (Å²) in [5.74, 6) is 0. The van der Waals surface area contributed by atoms with Crippen molar-refractivity contribution in [2.45, 2.75) is 25.9 Å². The molecule has 0 aliphatic heterocycles. The Morgan fingerprint density at radius 1 is 1.44 bits per heavy atom. The fourth-order valence-electron chi connectivity index (χ4n) is 1.70. The van der Waals surface area contributed by atoms with Crippen LogP contribution in [0.3, 0.4) is 0 Å². The highest BCUT2D eigenvalue weighted by molar-refractivity contribution is 7.09. The van der Waals surface area contributed by atoms with E-state index in [1.165, 1.54) is 0 Å². The quantitative estimate of drug-likeness (QED) is 0.895. The molecule has 0 aliphatic carbocycles. The van der Waals surface area contributed by atoms with E-state index in [-0.39, 0.29) is 6.04 Å². The average molecular weight is 258 g/mol. The molecule has 18 heavy (non-hydrogen) atoms. The van der Waals surface area contributed by atoms with Crippen molar-refractivity contribution in [3.63, 3.8) is 0 Å². The predicted molar refractivity (Wildman–Crippen MR) is 70.9 cm³/mol. The molecule has 1 unspecified atom stereocenters. The van der Waals surface area contributed by atoms with Crippen LogP contribution < -0.4 is 5.32 Å². The van der Waals surface area contributed by atoms with Crippen molar-refractivity contribution in [2.24, 2.45) is 0 Å². The molecule has 1 N–H and O–H groups in total. The summed E-state index contributed by atoms with van der Waals surface area (Å²) in [4.78, 5) is 8.28. The molecule has 92 valence electrons. The highest BCUT2D eigenvalue weighted by Crippen LogP contribution is 2.19. The summed E-state index contributed by atoms with van der Waals surface area (Å²) in [6, 6.07) is 6.04. The number of hydrogen-bond acceptors (Lipinski definition) is 5. The van der Waals surface area contributed by atoms with Crippen LogP contribution in [0.1, 0.15) is 35.7 Å². The fraction of sp³-hybridized carbons (Fsp3) is 0.308. The number of thiazole rings is 1. The minimum Gasteiger partial charge on any atom is -0.304 e. The number of aromatic nitrogens is 2. The monoisotopic (exact) mass is 258 g/mol. The third-order valence-corrected chi connectivity index (χ3v) is 3.54. The summed E-state index contributed by atoms with van der Waals surface area (Å²) >= 11 is 1.66. The molecule has 0 aromatic carbocycles. The zero-order valence-electron chi connectivity index (χ0n) is 10.1. The topological polar surface area (TPSA) is 61.6 Å². The van der Waals surface area contributed by atoms with Gasteiger partial charge in [0.15, 0.2) is 0 Å². The first kappa shape index (κ1) is 12.7. The summed E-state index contributed by atoms with van der Waals surface area (Å²) in [5, 5.41) is 15.3. The predicted octanol–water partition coefficient (Wildman–Crippen LogP) is 2.65. The summed E-state index contributed by atoms with van der Waals surface area (Å²) in [6.45, 7) is 2.85. The second-order valence-electron chi connectivity index (χ2n) is 3.87. The number of nitriles is 1. The van der Waals surface area contributed by atoms with Crippen molar-refractivity contribution in [3.8, 4) is 6.07 Å². The third-order valence-electron chi connectivity index (χ3n) is 2.65. The average Bonchev–Trinajstić information content (AvgIpc) is 2.94. The van der Waals surface area contributed by atoms with Gasteiger partial charge in [0, 0.05) is 24.3 Å². The van der Waals surface area contributed by atoms with Gasteiger partial charge in [-0.3, -0.25) is 0 Å². The second kappa shape index (κ2) is 6.24. The van der Waals surface area contributed by atoms with Crippen molar-refractivity contribution >= 4 is 11.3 Å². The van der Waals surface area contributed by atoms with Crippen molar-refractivity contribution in [2.75, 3.05) is 0 Å². The standard InChI is InChI=1S/C13H14N4S/c1-2-12(13-16-5-6-18-13)17-9-10-3-4-15-11(7-10)8-14/h3-7,12,17H,2,9H2,1H3. The number of nitrogens with zero attached hydrogens (tertiary/aromatic N) is 3. The highest BCUT2D eigenvalue weighted by atomic mass is 32.1. The lowest BCUT2D eigenvalue weighted by atomic mass is 10.2. The SMILES string of the molecule is CCC(NCc1ccnc(C#N)c1)c1nccs1. The molecule has 1 atom stereocenters. The second-order valence-corrected chi connectivity index (χ2v) is 4.80. The molecule has 0 bridgehead atoms. The molecule has 0 fully saturated rings. The van der Waals surface area contributed by atoms with E-state index in [0.717, 1.165) is 23.5 Å². The van der Waals surface area contributed by atoms with Gasteiger partial charge in [0.05, 0.1) is 6.04 Å². The van der Waals surface area contributed by atoms with E-state index < -0.39 is 0 Å². The smallest absolute Gasteiger partial charge is 0.140 e. The molecule has 0 saturated carbocycles. The summed E-state index contributed by atoms with van der Waals surface area (Å²) in [7, 11) is 0. The summed E-state index contributed by atoms with van der Waals surface area (Å²) < 4.78 is 0. The molecule has 4 nitrogen and oxygen atoms in total. The third kappa shape index (κ3) is 3.13. The van der Waals surface area contributed by atoms with Gasteiger partial charge >= 0.3 is 0 Å². The van der Waals surface area contributed by atoms with Crippen LogP contribution in [0.2, 0.25) is 0 Å². The first-order valence-corrected chi connectivity index (χ1v) is 6.69. The zero-order chi connectivity index (χ0) is 12.8. The number of hydrogen-bond donors (Lipinski definition) is 1. The number of pyridine rings is 1. The van der Waals surface area contributed by atoms with Crippen LogP contribution >= 0.6 is 11.3 Å². The Morgan fingerprint density at radius 3 is 3.00 bits per heavy atom. The van der Waals surface area contributed by atoms with Crippen LogP contribution in [-0.2, 0) is 6.54 Å². The molecular formula is C13H14N4S. The Labute approximate surface area is 110 Å². The van der Waals surface area contributed by atoms with Gasteiger partial charge in [-0.15, -0.1) is 11.3 Å². The van der Waals surface area contributed by atoms with E-state index in [2.05, 4.69) is 22.2 Å². The lowest BCUT2D eigenvalue weighted by molar-refractivity contribution is 0.516. The molecule has 0 amide bonds. The highest BCUT2D eigenvalue weighted by Gasteiger charge is 2.10. The molecule has 2 aromatic rings. The molecule has 0 spiro atoms. The van der Waals surface area contributed by atoms with Gasteiger partial charge in [0.25, 0.3) is 0 Å². The van der Waals surface area contributed by atoms with Crippen molar-refractivity contribution in [3.05, 3.63) is 46.2 Å². The van der Waals surface area contributed by atoms with Crippen molar-refractivity contribution in [1.82, 2.24) is 15.3 Å². The van der Waals surface area contributed by atoms with Crippen molar-refractivity contribution < 1.29 is 0 Å². The van der Waals surface area contributed by atoms with E-state index in [9.17, 15) is 0 Å². The van der Waals surface area contributed by atoms with Crippen LogP contribution in [0.4, 0.5) is 0 Å². The maximum atomic E-state index is 8.79. The Bertz CT molecular complexity index is 530. The van der Waals surface area contributed by atoms with Gasteiger partial charge in [-0.25, -0.2) is 9.97 Å². The minimum atomic E-state index is 0.267. The largest absolute Gasteiger partial charge is 0.304 e. The molecule has 0 aliphatic rings. The van der Waals surface area contributed by atoms with E-state index in [0.29, 0.717) is 5.69 Å². The molecule has 5 heteroatoms. The van der Waals surface area contributed by atoms with E-state index in [4.69, 9.17) is 5.26 Å². The molecular weight excluding hydrogens is 244 g/mol. The summed E-state index contributed by atoms with van der Waals surface area (Å²) in [5.41, 5.74) is 1.52. The van der Waals surface area contributed by atoms with Crippen LogP contribution in [-0.4, -0.2) is 9.97 Å². The Hall–Kier alpha value is -1.77. The Kier molecular flexibility index (Phi) is 4.40. The molecule has 2 heterocycles. The molecule has 2 rings (SSSR count). The molecule has 0 radical (unpaired) electrons. The maximum Gasteiger partial charge on any atom is 0.140 e. The molecule has 0 saturated heterocycles. The van der Waals surface area contributed by atoms with E-state index in [1.807, 2.05) is 29.8 Å². The number of rotatable bonds is 5. The van der Waals surface area contributed by atoms with Gasteiger partial charge in [0.1, 0.15) is 16.8 Å². The Morgan fingerprint density at radius 2 is 2.33 bits per heavy atom. The fourth-order valence-corrected chi connectivity index (χ4v) is 2.50. The zero-order valence-corrected chi connectivity index (χ0v) is 10.9. The first-order valence-electron chi connectivity index (χ1n) is 5.81. The van der Waals surface area contributed by atoms with Crippen LogP contribution in [0, 0.1) is 11.3 Å². The minimum absolute atomic E-state index is 0.267. The van der Waals surface area contributed by atoms with Crippen molar-refractivity contribution in [1.29, 1.82) is 5.26 Å². The normalized spacial score (nSPS) is 12.0. The van der Waals surface area contributed by atoms with Gasteiger partial charge in [-0.05, 0) is 24.1 Å². The lowest BCUT2D eigenvalue weighted by Gasteiger charge is -2.14. The van der Waals surface area contributed by atoms with Gasteiger partial charge in [0.2, 0.25) is 0 Å². The van der Waals surface area contributed by atoms with Gasteiger partial charge < -0.3 is 5.32 Å². The van der Waals surface area contributed by atoms with Crippen LogP contribution in [0.5, 0.6) is 0 Å². The van der Waals surface area contributed by atoms with E-state index in [1.54, 1.807) is 17.5 Å². The van der Waals surface area contributed by atoms with Crippen LogP contribution in [0.25, 0.3) is 0 Å². The number of nitrogens with one attached hydrogen (secondary N) is 1. The molecule has 2 aromatic heterocycles. The van der Waals surface area contributed by atoms with E-state index >= 15 is 0 Å². The Balaban J connectivity index is 2.00. The maximum absolute atomic E-state index is 8.79. The van der Waals surface area contributed by atoms with Gasteiger partial charge in [-0.1, -0.05) is 6.92 Å². The lowest BCUT2D eigenvalue weighted by Crippen LogP contribution is -2.20. The van der Waals surface area contributed by atoms with Gasteiger partial charge in [-0.2, -0.15) is 5.26 Å². The first-order chi connectivity index (χ1) is 8.83. The summed E-state index contributed by atoms with van der Waals surface area (Å²) in [6.07, 6.45) is 4.48. The van der Waals surface area contributed by atoms with Crippen LogP contribution in [0.15, 0.2) is 29.9 Å².